The second-order valence-corrected chi connectivity index (χ2v) is 7.70. The van der Waals surface area contributed by atoms with Gasteiger partial charge >= 0.3 is 0 Å². The number of amides is 2. The van der Waals surface area contributed by atoms with Crippen molar-refractivity contribution in [3.05, 3.63) is 42.0 Å². The highest BCUT2D eigenvalue weighted by molar-refractivity contribution is 5.79. The third kappa shape index (κ3) is 6.17. The molecule has 6 heteroatoms. The number of carbonyl (C=O) groups excluding carboxylic acids is 2. The first-order valence-electron chi connectivity index (χ1n) is 10.2. The molecule has 6 nitrogen and oxygen atoms in total. The van der Waals surface area contributed by atoms with E-state index in [-0.39, 0.29) is 23.8 Å². The van der Waals surface area contributed by atoms with Crippen molar-refractivity contribution in [3.8, 4) is 0 Å². The van der Waals surface area contributed by atoms with Crippen LogP contribution < -0.4 is 5.73 Å². The monoisotopic (exact) mass is 385 g/mol. The number of ether oxygens (including phenoxy) is 1. The maximum atomic E-state index is 13.0. The number of piperidine rings is 1. The van der Waals surface area contributed by atoms with E-state index >= 15 is 0 Å². The molecule has 0 bridgehead atoms. The van der Waals surface area contributed by atoms with E-state index in [1.54, 1.807) is 0 Å². The fourth-order valence-corrected chi connectivity index (χ4v) is 3.86. The molecule has 2 heterocycles. The van der Waals surface area contributed by atoms with Gasteiger partial charge in [0.25, 0.3) is 0 Å². The van der Waals surface area contributed by atoms with E-state index in [1.807, 2.05) is 47.4 Å². The van der Waals surface area contributed by atoms with Crippen molar-refractivity contribution in [2.75, 3.05) is 39.3 Å². The number of carbonyl (C=O) groups is 2. The Morgan fingerprint density at radius 2 is 1.93 bits per heavy atom. The van der Waals surface area contributed by atoms with Crippen LogP contribution >= 0.6 is 0 Å². The van der Waals surface area contributed by atoms with Crippen molar-refractivity contribution in [3.63, 3.8) is 0 Å². The smallest absolute Gasteiger partial charge is 0.237 e. The quantitative estimate of drug-likeness (QED) is 0.742. The molecular weight excluding hydrogens is 354 g/mol. The number of nitrogens with zero attached hydrogens (tertiary/aromatic N) is 2. The Labute approximate surface area is 167 Å². The van der Waals surface area contributed by atoms with Gasteiger partial charge in [0.05, 0.1) is 12.6 Å². The third-order valence-electron chi connectivity index (χ3n) is 5.59. The van der Waals surface area contributed by atoms with Crippen molar-refractivity contribution >= 4 is 17.9 Å². The standard InChI is InChI=1S/C22H31N3O3/c23-22(27)19-10-13-24(14-11-19)17-21(26)25(16-20-9-5-15-28-20)12-4-8-18-6-2-1-3-7-18/h1-4,6-8,19-20H,5,9-17H2,(H2,23,27)/b8-4+/t20-/m1/s1. The molecule has 0 radical (unpaired) electrons. The molecule has 0 saturated carbocycles. The second kappa shape index (κ2) is 10.4. The number of primary amides is 1. The molecule has 0 spiro atoms. The molecule has 0 unspecified atom stereocenters. The number of hydrogen-bond acceptors (Lipinski definition) is 4. The predicted octanol–water partition coefficient (Wildman–Crippen LogP) is 1.90. The van der Waals surface area contributed by atoms with Gasteiger partial charge in [-0.3, -0.25) is 14.5 Å². The van der Waals surface area contributed by atoms with Gasteiger partial charge in [-0.25, -0.2) is 0 Å². The minimum atomic E-state index is -0.225. The van der Waals surface area contributed by atoms with Gasteiger partial charge in [-0.2, -0.15) is 0 Å². The molecule has 2 saturated heterocycles. The summed E-state index contributed by atoms with van der Waals surface area (Å²) in [5.41, 5.74) is 6.53. The van der Waals surface area contributed by atoms with Gasteiger partial charge in [0.15, 0.2) is 0 Å². The average Bonchev–Trinajstić information content (AvgIpc) is 3.21. The van der Waals surface area contributed by atoms with E-state index in [1.165, 1.54) is 0 Å². The molecule has 2 fully saturated rings. The Morgan fingerprint density at radius 1 is 1.18 bits per heavy atom. The highest BCUT2D eigenvalue weighted by Gasteiger charge is 2.27. The zero-order chi connectivity index (χ0) is 19.8. The van der Waals surface area contributed by atoms with Gasteiger partial charge in [-0.15, -0.1) is 0 Å². The lowest BCUT2D eigenvalue weighted by Gasteiger charge is -2.32. The maximum Gasteiger partial charge on any atom is 0.237 e. The first kappa shape index (κ1) is 20.6. The lowest BCUT2D eigenvalue weighted by molar-refractivity contribution is -0.133. The highest BCUT2D eigenvalue weighted by atomic mass is 16.5. The Bertz CT molecular complexity index is 663. The van der Waals surface area contributed by atoms with Gasteiger partial charge in [0.1, 0.15) is 0 Å². The molecule has 152 valence electrons. The van der Waals surface area contributed by atoms with Crippen LogP contribution in [0, 0.1) is 5.92 Å². The van der Waals surface area contributed by atoms with Crippen LogP contribution in [0.25, 0.3) is 6.08 Å². The van der Waals surface area contributed by atoms with Gasteiger partial charge in [0, 0.05) is 25.6 Å². The molecule has 1 aromatic carbocycles. The normalized spacial score (nSPS) is 21.2. The van der Waals surface area contributed by atoms with E-state index in [0.29, 0.717) is 19.6 Å². The van der Waals surface area contributed by atoms with Crippen LogP contribution in [0.5, 0.6) is 0 Å². The molecule has 2 aliphatic rings. The van der Waals surface area contributed by atoms with E-state index in [2.05, 4.69) is 4.90 Å². The minimum Gasteiger partial charge on any atom is -0.376 e. The number of rotatable bonds is 8. The second-order valence-electron chi connectivity index (χ2n) is 7.70. The van der Waals surface area contributed by atoms with E-state index in [0.717, 1.165) is 50.9 Å². The van der Waals surface area contributed by atoms with Crippen LogP contribution in [-0.2, 0) is 14.3 Å². The summed E-state index contributed by atoms with van der Waals surface area (Å²) in [5.74, 6) is -0.161. The molecule has 0 aromatic heterocycles. The topological polar surface area (TPSA) is 75.9 Å². The molecule has 28 heavy (non-hydrogen) atoms. The highest BCUT2D eigenvalue weighted by Crippen LogP contribution is 2.18. The third-order valence-corrected chi connectivity index (χ3v) is 5.59. The fraction of sp³-hybridized carbons (Fsp3) is 0.545. The van der Waals surface area contributed by atoms with Gasteiger partial charge in [-0.05, 0) is 44.3 Å². The van der Waals surface area contributed by atoms with E-state index < -0.39 is 0 Å². The SMILES string of the molecule is NC(=O)C1CCN(CC(=O)N(C/C=C/c2ccccc2)C[C@H]2CCCO2)CC1. The Hall–Kier alpha value is -2.18. The fourth-order valence-electron chi connectivity index (χ4n) is 3.86. The summed E-state index contributed by atoms with van der Waals surface area (Å²) in [7, 11) is 0. The Balaban J connectivity index is 1.55. The van der Waals surface area contributed by atoms with Gasteiger partial charge in [-0.1, -0.05) is 42.5 Å². The maximum absolute atomic E-state index is 13.0. The molecule has 1 aromatic rings. The van der Waals surface area contributed by atoms with Crippen LogP contribution in [0.15, 0.2) is 36.4 Å². The molecule has 2 amide bonds. The van der Waals surface area contributed by atoms with Crippen molar-refractivity contribution in [2.45, 2.75) is 31.8 Å². The molecule has 2 N–H and O–H groups in total. The summed E-state index contributed by atoms with van der Waals surface area (Å²) in [4.78, 5) is 28.3. The van der Waals surface area contributed by atoms with Crippen LogP contribution in [-0.4, -0.2) is 67.0 Å². The summed E-state index contributed by atoms with van der Waals surface area (Å²) in [6, 6.07) is 10.1. The molecule has 0 aliphatic carbocycles. The summed E-state index contributed by atoms with van der Waals surface area (Å²) < 4.78 is 5.75. The summed E-state index contributed by atoms with van der Waals surface area (Å²) in [6.45, 7) is 3.87. The summed E-state index contributed by atoms with van der Waals surface area (Å²) in [6.07, 6.45) is 7.78. The predicted molar refractivity (Wildman–Crippen MR) is 109 cm³/mol. The van der Waals surface area contributed by atoms with Gasteiger partial charge in [0.2, 0.25) is 11.8 Å². The number of benzene rings is 1. The molecular formula is C22H31N3O3. The Morgan fingerprint density at radius 3 is 2.57 bits per heavy atom. The number of nitrogens with two attached hydrogens (primary N) is 1. The van der Waals surface area contributed by atoms with E-state index in [4.69, 9.17) is 10.5 Å². The zero-order valence-corrected chi connectivity index (χ0v) is 16.5. The zero-order valence-electron chi connectivity index (χ0n) is 16.5. The molecule has 2 aliphatic heterocycles. The van der Waals surface area contributed by atoms with Crippen LogP contribution in [0.4, 0.5) is 0 Å². The minimum absolute atomic E-state index is 0.0526. The Kier molecular flexibility index (Phi) is 7.62. The number of likely N-dealkylation sites (tertiary alicyclic amines) is 1. The first-order valence-corrected chi connectivity index (χ1v) is 10.2. The van der Waals surface area contributed by atoms with Crippen molar-refractivity contribution in [2.24, 2.45) is 11.7 Å². The summed E-state index contributed by atoms with van der Waals surface area (Å²) in [5, 5.41) is 0. The van der Waals surface area contributed by atoms with E-state index in [9.17, 15) is 9.59 Å². The van der Waals surface area contributed by atoms with Crippen molar-refractivity contribution in [1.29, 1.82) is 0 Å². The largest absolute Gasteiger partial charge is 0.376 e. The van der Waals surface area contributed by atoms with Crippen molar-refractivity contribution < 1.29 is 14.3 Å². The van der Waals surface area contributed by atoms with Crippen LogP contribution in [0.2, 0.25) is 0 Å². The first-order chi connectivity index (χ1) is 13.6. The number of hydrogen-bond donors (Lipinski definition) is 1. The van der Waals surface area contributed by atoms with Gasteiger partial charge < -0.3 is 15.4 Å². The average molecular weight is 386 g/mol. The lowest BCUT2D eigenvalue weighted by atomic mass is 9.96. The molecule has 3 rings (SSSR count). The van der Waals surface area contributed by atoms with Crippen molar-refractivity contribution in [1.82, 2.24) is 9.80 Å². The molecule has 1 atom stereocenters. The van der Waals surface area contributed by atoms with Crippen LogP contribution in [0.3, 0.4) is 0 Å². The summed E-state index contributed by atoms with van der Waals surface area (Å²) >= 11 is 0. The lowest BCUT2D eigenvalue weighted by Crippen LogP contribution is -2.46. The van der Waals surface area contributed by atoms with Crippen LogP contribution in [0.1, 0.15) is 31.2 Å².